The average Bonchev–Trinajstić information content (AvgIpc) is 3.23. The van der Waals surface area contributed by atoms with Crippen molar-refractivity contribution in [3.63, 3.8) is 0 Å². The number of alkyl halides is 1. The molecule has 3 aromatic rings. The Balaban J connectivity index is 1.74. The van der Waals surface area contributed by atoms with Crippen molar-refractivity contribution in [3.8, 4) is 17.6 Å². The molecule has 0 radical (unpaired) electrons. The predicted octanol–water partition coefficient (Wildman–Crippen LogP) is 6.28. The highest BCUT2D eigenvalue weighted by molar-refractivity contribution is 7.10. The molecule has 0 saturated heterocycles. The lowest BCUT2D eigenvalue weighted by Crippen LogP contribution is -2.19. The van der Waals surface area contributed by atoms with E-state index in [1.807, 2.05) is 44.2 Å². The van der Waals surface area contributed by atoms with Crippen LogP contribution in [-0.2, 0) is 12.0 Å². The fourth-order valence-corrected chi connectivity index (χ4v) is 4.14. The van der Waals surface area contributed by atoms with E-state index in [0.29, 0.717) is 33.0 Å². The van der Waals surface area contributed by atoms with Crippen LogP contribution in [0.5, 0.6) is 11.5 Å². The van der Waals surface area contributed by atoms with Crippen LogP contribution in [0.1, 0.15) is 35.5 Å². The third-order valence-corrected chi connectivity index (χ3v) is 6.19. The van der Waals surface area contributed by atoms with E-state index in [-0.39, 0.29) is 19.0 Å². The molecule has 0 bridgehead atoms. The van der Waals surface area contributed by atoms with E-state index in [9.17, 15) is 10.1 Å². The van der Waals surface area contributed by atoms with Crippen LogP contribution in [-0.4, -0.2) is 28.7 Å². The number of nitriles is 1. The normalized spacial score (nSPS) is 11.0. The zero-order chi connectivity index (χ0) is 24.0. The number of amides is 1. The Labute approximate surface area is 205 Å². The number of rotatable bonds is 9. The summed E-state index contributed by atoms with van der Waals surface area (Å²) < 4.78 is 11.3. The molecule has 3 rings (SSSR count). The number of anilines is 1. The van der Waals surface area contributed by atoms with Gasteiger partial charge in [0.1, 0.15) is 35.9 Å². The Kier molecular flexibility index (Phi) is 8.03. The van der Waals surface area contributed by atoms with Gasteiger partial charge < -0.3 is 14.6 Å². The number of aromatic nitrogens is 1. The van der Waals surface area contributed by atoms with E-state index >= 15 is 0 Å². The second-order valence-corrected chi connectivity index (χ2v) is 9.21. The summed E-state index contributed by atoms with van der Waals surface area (Å²) in [6.07, 6.45) is -1.16. The zero-order valence-electron chi connectivity index (χ0n) is 17.9. The Morgan fingerprint density at radius 1 is 1.24 bits per heavy atom. The summed E-state index contributed by atoms with van der Waals surface area (Å²) in [5.74, 6) is 1.56. The molecule has 0 aliphatic rings. The van der Waals surface area contributed by atoms with Crippen LogP contribution in [0.3, 0.4) is 0 Å². The van der Waals surface area contributed by atoms with E-state index in [0.717, 1.165) is 11.1 Å². The van der Waals surface area contributed by atoms with Gasteiger partial charge in [-0.05, 0) is 35.4 Å². The highest BCUT2D eigenvalue weighted by Gasteiger charge is 2.26. The monoisotopic (exact) mass is 505 g/mol. The highest BCUT2D eigenvalue weighted by atomic mass is 35.5. The van der Waals surface area contributed by atoms with E-state index in [1.54, 1.807) is 11.4 Å². The molecule has 10 heteroatoms. The molecular weight excluding hydrogens is 485 g/mol. The van der Waals surface area contributed by atoms with Crippen LogP contribution in [0, 0.1) is 11.3 Å². The van der Waals surface area contributed by atoms with Gasteiger partial charge in [-0.2, -0.15) is 5.26 Å². The number of nitrogens with one attached hydrogen (secondary N) is 1. The van der Waals surface area contributed by atoms with Gasteiger partial charge in [0.25, 0.3) is 0 Å². The summed E-state index contributed by atoms with van der Waals surface area (Å²) in [4.78, 5) is 14.8. The largest absolute Gasteiger partial charge is 0.489 e. The van der Waals surface area contributed by atoms with Gasteiger partial charge in [0, 0.05) is 10.8 Å². The minimum Gasteiger partial charge on any atom is -0.489 e. The van der Waals surface area contributed by atoms with Gasteiger partial charge in [0.15, 0.2) is 5.75 Å². The van der Waals surface area contributed by atoms with Gasteiger partial charge in [0.05, 0.1) is 16.5 Å². The van der Waals surface area contributed by atoms with Crippen molar-refractivity contribution < 1.29 is 19.4 Å². The van der Waals surface area contributed by atoms with Crippen molar-refractivity contribution in [2.24, 2.45) is 0 Å². The lowest BCUT2D eigenvalue weighted by atomic mass is 9.77. The SMILES string of the molecule is CC(C)(c1ccc(OCc2nc(NC(=O)O)cs2)cc1)c1cc(Cl)c(OCCCl)c(C#N)c1. The lowest BCUT2D eigenvalue weighted by Gasteiger charge is -2.27. The van der Waals surface area contributed by atoms with Crippen molar-refractivity contribution in [3.05, 3.63) is 68.5 Å². The number of nitrogens with zero attached hydrogens (tertiary/aromatic N) is 2. The third-order valence-electron chi connectivity index (χ3n) is 4.93. The number of benzene rings is 2. The summed E-state index contributed by atoms with van der Waals surface area (Å²) >= 11 is 13.4. The van der Waals surface area contributed by atoms with Crippen LogP contribution < -0.4 is 14.8 Å². The highest BCUT2D eigenvalue weighted by Crippen LogP contribution is 2.38. The molecular formula is C23H21Cl2N3O4S. The number of thiazole rings is 1. The fourth-order valence-electron chi connectivity index (χ4n) is 3.15. The summed E-state index contributed by atoms with van der Waals surface area (Å²) in [6, 6.07) is 13.3. The van der Waals surface area contributed by atoms with Crippen LogP contribution in [0.4, 0.5) is 10.6 Å². The molecule has 2 N–H and O–H groups in total. The molecule has 33 heavy (non-hydrogen) atoms. The fraction of sp³-hybridized carbons (Fsp3) is 0.261. The molecule has 0 atom stereocenters. The molecule has 0 unspecified atom stereocenters. The summed E-state index contributed by atoms with van der Waals surface area (Å²) in [7, 11) is 0. The van der Waals surface area contributed by atoms with Crippen molar-refractivity contribution in [2.75, 3.05) is 17.8 Å². The number of carbonyl (C=O) groups is 1. The van der Waals surface area contributed by atoms with Crippen LogP contribution in [0.25, 0.3) is 0 Å². The quantitative estimate of drug-likeness (QED) is 0.331. The van der Waals surface area contributed by atoms with Gasteiger partial charge in [-0.25, -0.2) is 9.78 Å². The smallest absolute Gasteiger partial charge is 0.410 e. The third kappa shape index (κ3) is 6.08. The van der Waals surface area contributed by atoms with E-state index in [1.165, 1.54) is 11.3 Å². The molecule has 0 aliphatic carbocycles. The summed E-state index contributed by atoms with van der Waals surface area (Å²) in [5, 5.41) is 23.1. The van der Waals surface area contributed by atoms with E-state index < -0.39 is 11.5 Å². The molecule has 172 valence electrons. The lowest BCUT2D eigenvalue weighted by molar-refractivity contribution is 0.209. The average molecular weight is 506 g/mol. The molecule has 0 saturated carbocycles. The van der Waals surface area contributed by atoms with Gasteiger partial charge in [0.2, 0.25) is 0 Å². The molecule has 7 nitrogen and oxygen atoms in total. The van der Waals surface area contributed by atoms with Crippen LogP contribution >= 0.6 is 34.5 Å². The van der Waals surface area contributed by atoms with E-state index in [4.69, 9.17) is 37.8 Å². The molecule has 0 aliphatic heterocycles. The van der Waals surface area contributed by atoms with Gasteiger partial charge in [-0.1, -0.05) is 37.6 Å². The van der Waals surface area contributed by atoms with Gasteiger partial charge in [-0.15, -0.1) is 22.9 Å². The first-order valence-corrected chi connectivity index (χ1v) is 11.6. The Bertz CT molecular complexity index is 1170. The van der Waals surface area contributed by atoms with Crippen LogP contribution in [0.15, 0.2) is 41.8 Å². The minimum atomic E-state index is -1.16. The maximum atomic E-state index is 10.7. The number of hydrogen-bond donors (Lipinski definition) is 2. The zero-order valence-corrected chi connectivity index (χ0v) is 20.2. The van der Waals surface area contributed by atoms with Gasteiger partial charge >= 0.3 is 6.09 Å². The summed E-state index contributed by atoms with van der Waals surface area (Å²) in [6.45, 7) is 4.57. The maximum Gasteiger partial charge on any atom is 0.410 e. The number of halogens is 2. The molecule has 0 spiro atoms. The molecule has 1 heterocycles. The molecule has 2 aromatic carbocycles. The van der Waals surface area contributed by atoms with Crippen molar-refractivity contribution in [1.29, 1.82) is 5.26 Å². The first-order valence-electron chi connectivity index (χ1n) is 9.85. The first kappa shape index (κ1) is 24.6. The first-order chi connectivity index (χ1) is 15.7. The number of carboxylic acid groups (broad SMARTS) is 1. The Morgan fingerprint density at radius 2 is 1.97 bits per heavy atom. The second kappa shape index (κ2) is 10.8. The van der Waals surface area contributed by atoms with E-state index in [2.05, 4.69) is 16.4 Å². The molecule has 1 amide bonds. The van der Waals surface area contributed by atoms with Crippen molar-refractivity contribution in [2.45, 2.75) is 25.9 Å². The standard InChI is InChI=1S/C23H21Cl2N3O4S/c1-23(2,16-9-14(11-26)21(18(25)10-16)31-8-7-24)15-3-5-17(6-4-15)32-12-20-27-19(13-33-20)28-22(29)30/h3-6,9-10,13,28H,7-8,12H2,1-2H3,(H,29,30). The predicted molar refractivity (Wildman–Crippen MR) is 129 cm³/mol. The topological polar surface area (TPSA) is 104 Å². The molecule has 0 fully saturated rings. The Hall–Kier alpha value is -2.99. The summed E-state index contributed by atoms with van der Waals surface area (Å²) in [5.41, 5.74) is 1.80. The second-order valence-electron chi connectivity index (χ2n) is 7.48. The van der Waals surface area contributed by atoms with Crippen LogP contribution in [0.2, 0.25) is 5.02 Å². The maximum absolute atomic E-state index is 10.7. The Morgan fingerprint density at radius 3 is 2.61 bits per heavy atom. The van der Waals surface area contributed by atoms with Crippen molar-refractivity contribution in [1.82, 2.24) is 4.98 Å². The molecule has 1 aromatic heterocycles. The van der Waals surface area contributed by atoms with Crippen molar-refractivity contribution >= 4 is 46.4 Å². The van der Waals surface area contributed by atoms with Gasteiger partial charge in [-0.3, -0.25) is 5.32 Å². The minimum absolute atomic E-state index is 0.222. The number of hydrogen-bond acceptors (Lipinski definition) is 6. The number of ether oxygens (including phenoxy) is 2.